The van der Waals surface area contributed by atoms with Gasteiger partial charge in [-0.1, -0.05) is 17.7 Å². The zero-order valence-corrected chi connectivity index (χ0v) is 23.6. The number of benzene rings is 2. The van der Waals surface area contributed by atoms with Crippen molar-refractivity contribution in [3.63, 3.8) is 0 Å². The summed E-state index contributed by atoms with van der Waals surface area (Å²) in [6.07, 6.45) is 2.05. The van der Waals surface area contributed by atoms with Crippen LogP contribution in [0, 0.1) is 12.8 Å². The van der Waals surface area contributed by atoms with Gasteiger partial charge in [0.2, 0.25) is 11.8 Å². The highest BCUT2D eigenvalue weighted by atomic mass is 32.2. The molecule has 0 radical (unpaired) electrons. The maximum atomic E-state index is 13.2. The van der Waals surface area contributed by atoms with E-state index in [0.717, 1.165) is 55.2 Å². The summed E-state index contributed by atoms with van der Waals surface area (Å²) in [5.41, 5.74) is 2.40. The Balaban J connectivity index is 1.00. The third-order valence-corrected chi connectivity index (χ3v) is 9.82. The standard InChI is InChI=1S/C29H32N4O7S/c1-18-2-5-22(6-3-18)41(38,39)40-17-19-15-32(16-19)20-10-12-31(13-11-20)21-4-7-23-24(14-21)29(37)33(28(23)36)25-8-9-26(34)30-27(25)35/h2-7,14,19-20,25H,8-13,15-17H2,1H3,(H,30,34,35). The topological polar surface area (TPSA) is 133 Å². The van der Waals surface area contributed by atoms with Crippen LogP contribution in [0.25, 0.3) is 0 Å². The smallest absolute Gasteiger partial charge is 0.296 e. The summed E-state index contributed by atoms with van der Waals surface area (Å²) in [6.45, 7) is 5.21. The molecule has 1 atom stereocenters. The minimum Gasteiger partial charge on any atom is -0.371 e. The number of piperidine rings is 2. The maximum absolute atomic E-state index is 13.2. The molecule has 11 nitrogen and oxygen atoms in total. The number of imide groups is 2. The number of anilines is 1. The van der Waals surface area contributed by atoms with Gasteiger partial charge in [-0.3, -0.25) is 38.5 Å². The predicted octanol–water partition coefficient (Wildman–Crippen LogP) is 1.70. The first-order valence-electron chi connectivity index (χ1n) is 13.9. The third-order valence-electron chi connectivity index (χ3n) is 8.52. The number of hydrogen-bond acceptors (Lipinski definition) is 9. The summed E-state index contributed by atoms with van der Waals surface area (Å²) in [5.74, 6) is -1.87. The van der Waals surface area contributed by atoms with Crippen molar-refractivity contribution in [3.05, 3.63) is 59.2 Å². The van der Waals surface area contributed by atoms with Crippen LogP contribution < -0.4 is 10.2 Å². The van der Waals surface area contributed by atoms with Crippen molar-refractivity contribution in [3.8, 4) is 0 Å². The van der Waals surface area contributed by atoms with E-state index in [-0.39, 0.29) is 41.4 Å². The molecule has 0 spiro atoms. The van der Waals surface area contributed by atoms with E-state index in [1.54, 1.807) is 36.4 Å². The van der Waals surface area contributed by atoms with E-state index in [1.165, 1.54) is 0 Å². The van der Waals surface area contributed by atoms with Crippen molar-refractivity contribution in [2.45, 2.75) is 49.6 Å². The first-order valence-corrected chi connectivity index (χ1v) is 15.3. The van der Waals surface area contributed by atoms with Crippen molar-refractivity contribution in [2.75, 3.05) is 37.7 Å². The fraction of sp³-hybridized carbons (Fsp3) is 0.448. The van der Waals surface area contributed by atoms with Crippen LogP contribution in [0.1, 0.15) is 52.0 Å². The monoisotopic (exact) mass is 580 g/mol. The fourth-order valence-corrected chi connectivity index (χ4v) is 7.09. The molecule has 4 amide bonds. The van der Waals surface area contributed by atoms with Crippen molar-refractivity contribution in [1.29, 1.82) is 0 Å². The lowest BCUT2D eigenvalue weighted by atomic mass is 9.93. The van der Waals surface area contributed by atoms with Crippen LogP contribution in [-0.2, 0) is 23.9 Å². The Morgan fingerprint density at radius 1 is 0.902 bits per heavy atom. The molecule has 41 heavy (non-hydrogen) atoms. The summed E-state index contributed by atoms with van der Waals surface area (Å²) in [5, 5.41) is 2.21. The Labute approximate surface area is 238 Å². The lowest BCUT2D eigenvalue weighted by molar-refractivity contribution is -0.136. The molecular weight excluding hydrogens is 548 g/mol. The fourth-order valence-electron chi connectivity index (χ4n) is 6.12. The zero-order valence-electron chi connectivity index (χ0n) is 22.7. The Kier molecular flexibility index (Phi) is 7.16. The van der Waals surface area contributed by atoms with Gasteiger partial charge in [0.1, 0.15) is 6.04 Å². The van der Waals surface area contributed by atoms with E-state index in [9.17, 15) is 27.6 Å². The van der Waals surface area contributed by atoms with Gasteiger partial charge in [0.25, 0.3) is 21.9 Å². The SMILES string of the molecule is Cc1ccc(S(=O)(=O)OCC2CN(C3CCN(c4ccc5c(c4)C(=O)N(C4CCC(=O)NC4=O)C5=O)CC3)C2)cc1. The molecule has 1 unspecified atom stereocenters. The van der Waals surface area contributed by atoms with Crippen LogP contribution in [0.5, 0.6) is 0 Å². The van der Waals surface area contributed by atoms with Gasteiger partial charge in [-0.05, 0) is 56.5 Å². The number of likely N-dealkylation sites (tertiary alicyclic amines) is 1. The summed E-state index contributed by atoms with van der Waals surface area (Å²) >= 11 is 0. The Hall–Kier alpha value is -3.61. The largest absolute Gasteiger partial charge is 0.371 e. The molecule has 4 aliphatic heterocycles. The number of carbonyl (C=O) groups excluding carboxylic acids is 4. The predicted molar refractivity (Wildman–Crippen MR) is 148 cm³/mol. The number of nitrogens with zero attached hydrogens (tertiary/aromatic N) is 3. The van der Waals surface area contributed by atoms with Crippen molar-refractivity contribution >= 4 is 39.4 Å². The zero-order chi connectivity index (χ0) is 28.9. The van der Waals surface area contributed by atoms with Crippen molar-refractivity contribution in [2.24, 2.45) is 5.92 Å². The van der Waals surface area contributed by atoms with Gasteiger partial charge in [0.05, 0.1) is 22.6 Å². The van der Waals surface area contributed by atoms with Crippen molar-refractivity contribution in [1.82, 2.24) is 15.1 Å². The molecule has 2 aromatic carbocycles. The van der Waals surface area contributed by atoms with Crippen molar-refractivity contribution < 1.29 is 31.8 Å². The van der Waals surface area contributed by atoms with E-state index < -0.39 is 39.8 Å². The van der Waals surface area contributed by atoms with Gasteiger partial charge in [0.15, 0.2) is 0 Å². The van der Waals surface area contributed by atoms with E-state index in [0.29, 0.717) is 6.04 Å². The average Bonchev–Trinajstić information content (AvgIpc) is 3.17. The van der Waals surface area contributed by atoms with Gasteiger partial charge >= 0.3 is 0 Å². The van der Waals surface area contributed by atoms with E-state index in [4.69, 9.17) is 4.18 Å². The molecule has 4 aliphatic rings. The number of carbonyl (C=O) groups is 4. The summed E-state index contributed by atoms with van der Waals surface area (Å²) in [4.78, 5) is 55.7. The summed E-state index contributed by atoms with van der Waals surface area (Å²) < 4.78 is 30.2. The van der Waals surface area contributed by atoms with E-state index >= 15 is 0 Å². The quantitative estimate of drug-likeness (QED) is 0.384. The van der Waals surface area contributed by atoms with Gasteiger partial charge in [-0.25, -0.2) is 0 Å². The van der Waals surface area contributed by atoms with Gasteiger partial charge in [-0.2, -0.15) is 8.42 Å². The number of fused-ring (bicyclic) bond motifs is 1. The molecule has 1 N–H and O–H groups in total. The molecule has 216 valence electrons. The highest BCUT2D eigenvalue weighted by molar-refractivity contribution is 7.86. The number of aryl methyl sites for hydroxylation is 1. The maximum Gasteiger partial charge on any atom is 0.296 e. The molecule has 3 saturated heterocycles. The lowest BCUT2D eigenvalue weighted by Gasteiger charge is -2.47. The minimum absolute atomic E-state index is 0.0846. The highest BCUT2D eigenvalue weighted by Crippen LogP contribution is 2.33. The second-order valence-corrected chi connectivity index (χ2v) is 12.9. The van der Waals surface area contributed by atoms with Gasteiger partial charge in [0, 0.05) is 50.2 Å². The van der Waals surface area contributed by atoms with Crippen LogP contribution in [-0.4, -0.2) is 86.7 Å². The molecule has 0 aliphatic carbocycles. The molecule has 2 aromatic rings. The second kappa shape index (κ2) is 10.7. The number of rotatable bonds is 7. The van der Waals surface area contributed by atoms with Crippen LogP contribution in [0.4, 0.5) is 5.69 Å². The Bertz CT molecular complexity index is 1510. The van der Waals surface area contributed by atoms with Gasteiger partial charge in [-0.15, -0.1) is 0 Å². The normalized spacial score (nSPS) is 22.6. The molecule has 0 bridgehead atoms. The number of hydrogen-bond donors (Lipinski definition) is 1. The van der Waals surface area contributed by atoms with Crippen LogP contribution in [0.15, 0.2) is 47.4 Å². The highest BCUT2D eigenvalue weighted by Gasteiger charge is 2.45. The van der Waals surface area contributed by atoms with E-state index in [1.807, 2.05) is 13.0 Å². The first-order chi connectivity index (χ1) is 19.6. The first kappa shape index (κ1) is 27.6. The minimum atomic E-state index is -3.76. The number of amides is 4. The molecule has 0 saturated carbocycles. The van der Waals surface area contributed by atoms with E-state index in [2.05, 4.69) is 15.1 Å². The molecule has 6 rings (SSSR count). The lowest BCUT2D eigenvalue weighted by Crippen LogP contribution is -2.56. The molecule has 4 heterocycles. The summed E-state index contributed by atoms with van der Waals surface area (Å²) in [7, 11) is -3.76. The van der Waals surface area contributed by atoms with Crippen LogP contribution in [0.3, 0.4) is 0 Å². The third kappa shape index (κ3) is 5.27. The van der Waals surface area contributed by atoms with Crippen LogP contribution >= 0.6 is 0 Å². The number of nitrogens with one attached hydrogen (secondary N) is 1. The Morgan fingerprint density at radius 2 is 1.59 bits per heavy atom. The Morgan fingerprint density at radius 3 is 2.27 bits per heavy atom. The average molecular weight is 581 g/mol. The molecular formula is C29H32N4O7S. The molecule has 12 heteroatoms. The second-order valence-electron chi connectivity index (χ2n) is 11.3. The van der Waals surface area contributed by atoms with Gasteiger partial charge < -0.3 is 4.90 Å². The van der Waals surface area contributed by atoms with Crippen LogP contribution in [0.2, 0.25) is 0 Å². The summed E-state index contributed by atoms with van der Waals surface area (Å²) in [6, 6.07) is 11.3. The molecule has 3 fully saturated rings. The molecule has 0 aromatic heterocycles.